The SMILES string of the molecule is C=Nc1ccc2c(c1)Oc1cc(NC(C)=O)ccc1C21OC(=O)c2ccccc21.CC. The number of carbonyl (C=O) groups excluding carboxylic acids is 2. The van der Waals surface area contributed by atoms with E-state index in [1.165, 1.54) is 6.92 Å². The van der Waals surface area contributed by atoms with Gasteiger partial charge >= 0.3 is 5.97 Å². The van der Waals surface area contributed by atoms with Crippen LogP contribution in [0.4, 0.5) is 11.4 Å². The number of benzene rings is 3. The molecular formula is C25H22N2O4. The van der Waals surface area contributed by atoms with Crippen molar-refractivity contribution in [2.24, 2.45) is 4.99 Å². The maximum absolute atomic E-state index is 12.7. The van der Waals surface area contributed by atoms with Gasteiger partial charge in [0.1, 0.15) is 11.5 Å². The first-order valence-electron chi connectivity index (χ1n) is 10.1. The molecule has 2 aliphatic rings. The second kappa shape index (κ2) is 7.72. The molecule has 0 aromatic heterocycles. The molecule has 1 unspecified atom stereocenters. The van der Waals surface area contributed by atoms with Crippen LogP contribution in [0.15, 0.2) is 65.7 Å². The van der Waals surface area contributed by atoms with Crippen molar-refractivity contribution in [1.29, 1.82) is 0 Å². The highest BCUT2D eigenvalue weighted by atomic mass is 16.6. The summed E-state index contributed by atoms with van der Waals surface area (Å²) < 4.78 is 12.2. The smallest absolute Gasteiger partial charge is 0.340 e. The second-order valence-electron chi connectivity index (χ2n) is 6.95. The molecule has 0 aliphatic carbocycles. The third kappa shape index (κ3) is 3.08. The first kappa shape index (κ1) is 20.3. The lowest BCUT2D eigenvalue weighted by Crippen LogP contribution is -2.33. The van der Waals surface area contributed by atoms with Crippen molar-refractivity contribution in [3.05, 3.63) is 82.9 Å². The molecule has 0 radical (unpaired) electrons. The molecule has 0 saturated carbocycles. The van der Waals surface area contributed by atoms with Gasteiger partial charge in [-0.15, -0.1) is 0 Å². The first-order valence-corrected chi connectivity index (χ1v) is 10.1. The minimum atomic E-state index is -1.13. The summed E-state index contributed by atoms with van der Waals surface area (Å²) in [5.74, 6) is 0.434. The first-order chi connectivity index (χ1) is 15.0. The number of aliphatic imine (C=N–C) groups is 1. The van der Waals surface area contributed by atoms with E-state index in [-0.39, 0.29) is 5.91 Å². The van der Waals surface area contributed by atoms with E-state index in [4.69, 9.17) is 9.47 Å². The monoisotopic (exact) mass is 414 g/mol. The predicted molar refractivity (Wildman–Crippen MR) is 120 cm³/mol. The van der Waals surface area contributed by atoms with Crippen LogP contribution in [0, 0.1) is 0 Å². The van der Waals surface area contributed by atoms with Crippen LogP contribution in [-0.2, 0) is 15.1 Å². The minimum absolute atomic E-state index is 0.188. The lowest BCUT2D eigenvalue weighted by Gasteiger charge is -2.36. The fraction of sp³-hybridized carbons (Fsp3) is 0.160. The standard InChI is InChI=1S/C23H16N2O4.C2H6/c1-13(26)25-15-8-10-19-21(12-15)28-20-11-14(24-2)7-9-18(20)23(19)17-6-4-3-5-16(17)22(27)29-23;1-2/h3-12H,2H2,1H3,(H,25,26);1-2H3. The third-order valence-electron chi connectivity index (χ3n) is 5.20. The van der Waals surface area contributed by atoms with Gasteiger partial charge in [0.2, 0.25) is 5.91 Å². The highest BCUT2D eigenvalue weighted by molar-refractivity contribution is 5.97. The largest absolute Gasteiger partial charge is 0.456 e. The molecule has 6 heteroatoms. The van der Waals surface area contributed by atoms with Gasteiger partial charge in [-0.25, -0.2) is 4.79 Å². The van der Waals surface area contributed by atoms with Crippen molar-refractivity contribution < 1.29 is 19.1 Å². The number of nitrogens with one attached hydrogen (secondary N) is 1. The number of hydrogen-bond donors (Lipinski definition) is 1. The number of anilines is 1. The van der Waals surface area contributed by atoms with Gasteiger partial charge in [0.15, 0.2) is 5.60 Å². The lowest BCUT2D eigenvalue weighted by molar-refractivity contribution is -0.114. The summed E-state index contributed by atoms with van der Waals surface area (Å²) in [5, 5.41) is 2.75. The van der Waals surface area contributed by atoms with Crippen LogP contribution in [0.5, 0.6) is 11.5 Å². The number of rotatable bonds is 2. The van der Waals surface area contributed by atoms with Crippen LogP contribution >= 0.6 is 0 Å². The van der Waals surface area contributed by atoms with E-state index < -0.39 is 11.6 Å². The number of amides is 1. The molecule has 2 aliphatic heterocycles. The summed E-state index contributed by atoms with van der Waals surface area (Å²) in [6.45, 7) is 9.01. The molecule has 3 aromatic rings. The molecular weight excluding hydrogens is 392 g/mol. The molecule has 0 saturated heterocycles. The van der Waals surface area contributed by atoms with Crippen LogP contribution in [0.1, 0.15) is 47.8 Å². The molecule has 31 heavy (non-hydrogen) atoms. The fourth-order valence-corrected chi connectivity index (χ4v) is 4.04. The molecule has 1 N–H and O–H groups in total. The van der Waals surface area contributed by atoms with Crippen LogP contribution < -0.4 is 10.1 Å². The molecule has 5 rings (SSSR count). The van der Waals surface area contributed by atoms with E-state index in [1.807, 2.05) is 50.2 Å². The summed E-state index contributed by atoms with van der Waals surface area (Å²) in [6, 6.07) is 18.1. The van der Waals surface area contributed by atoms with Gasteiger partial charge in [0.05, 0.1) is 11.3 Å². The van der Waals surface area contributed by atoms with Crippen LogP contribution in [0.2, 0.25) is 0 Å². The number of nitrogens with zero attached hydrogens (tertiary/aromatic N) is 1. The van der Waals surface area contributed by atoms with Gasteiger partial charge in [-0.3, -0.25) is 9.79 Å². The molecule has 2 heterocycles. The van der Waals surface area contributed by atoms with Crippen molar-refractivity contribution in [2.75, 3.05) is 5.32 Å². The van der Waals surface area contributed by atoms with E-state index in [1.54, 1.807) is 24.3 Å². The van der Waals surface area contributed by atoms with E-state index in [9.17, 15) is 9.59 Å². The molecule has 0 fully saturated rings. The molecule has 0 bridgehead atoms. The average molecular weight is 414 g/mol. The number of esters is 1. The maximum atomic E-state index is 12.7. The zero-order valence-electron chi connectivity index (χ0n) is 17.6. The molecule has 1 amide bonds. The Kier molecular flexibility index (Phi) is 5.07. The van der Waals surface area contributed by atoms with Crippen LogP contribution in [0.3, 0.4) is 0 Å². The Labute approximate surface area is 180 Å². The van der Waals surface area contributed by atoms with Gasteiger partial charge < -0.3 is 14.8 Å². The Balaban J connectivity index is 0.00000112. The molecule has 1 atom stereocenters. The Morgan fingerprint density at radius 2 is 1.65 bits per heavy atom. The van der Waals surface area contributed by atoms with Crippen molar-refractivity contribution in [2.45, 2.75) is 26.4 Å². The molecule has 1 spiro atoms. The predicted octanol–water partition coefficient (Wildman–Crippen LogP) is 5.57. The molecule has 3 aromatic carbocycles. The quantitative estimate of drug-likeness (QED) is 0.439. The highest BCUT2D eigenvalue weighted by Crippen LogP contribution is 2.56. The van der Waals surface area contributed by atoms with Gasteiger partial charge in [0.25, 0.3) is 0 Å². The minimum Gasteiger partial charge on any atom is -0.456 e. The van der Waals surface area contributed by atoms with Gasteiger partial charge in [-0.2, -0.15) is 0 Å². The number of ether oxygens (including phenoxy) is 2. The zero-order valence-corrected chi connectivity index (χ0v) is 17.6. The fourth-order valence-electron chi connectivity index (χ4n) is 4.04. The van der Waals surface area contributed by atoms with Gasteiger partial charge in [0, 0.05) is 41.4 Å². The van der Waals surface area contributed by atoms with Gasteiger partial charge in [-0.1, -0.05) is 32.0 Å². The van der Waals surface area contributed by atoms with E-state index in [0.717, 1.165) is 5.56 Å². The summed E-state index contributed by atoms with van der Waals surface area (Å²) in [4.78, 5) is 28.2. The highest BCUT2D eigenvalue weighted by Gasteiger charge is 2.53. The van der Waals surface area contributed by atoms with Crippen LogP contribution in [-0.4, -0.2) is 18.6 Å². The summed E-state index contributed by atoms with van der Waals surface area (Å²) in [7, 11) is 0. The average Bonchev–Trinajstić information content (AvgIpc) is 3.07. The second-order valence-corrected chi connectivity index (χ2v) is 6.95. The Hall–Kier alpha value is -3.93. The lowest BCUT2D eigenvalue weighted by atomic mass is 9.77. The normalized spacial score (nSPS) is 17.2. The van der Waals surface area contributed by atoms with Crippen LogP contribution in [0.25, 0.3) is 0 Å². The molecule has 6 nitrogen and oxygen atoms in total. The third-order valence-corrected chi connectivity index (χ3v) is 5.20. The Morgan fingerprint density at radius 1 is 0.968 bits per heavy atom. The van der Waals surface area contributed by atoms with Gasteiger partial charge in [-0.05, 0) is 37.0 Å². The summed E-state index contributed by atoms with van der Waals surface area (Å²) >= 11 is 0. The Bertz CT molecular complexity index is 1220. The van der Waals surface area contributed by atoms with E-state index in [2.05, 4.69) is 17.0 Å². The Morgan fingerprint density at radius 3 is 2.35 bits per heavy atom. The van der Waals surface area contributed by atoms with Crippen molar-refractivity contribution in [3.8, 4) is 11.5 Å². The maximum Gasteiger partial charge on any atom is 0.340 e. The summed E-state index contributed by atoms with van der Waals surface area (Å²) in [5.41, 5.74) is 2.76. The summed E-state index contributed by atoms with van der Waals surface area (Å²) in [6.07, 6.45) is 0. The van der Waals surface area contributed by atoms with Crippen molar-refractivity contribution in [3.63, 3.8) is 0 Å². The number of fused-ring (bicyclic) bond motifs is 6. The van der Waals surface area contributed by atoms with Crippen molar-refractivity contribution >= 4 is 30.0 Å². The van der Waals surface area contributed by atoms with E-state index in [0.29, 0.717) is 39.6 Å². The number of carbonyl (C=O) groups is 2. The van der Waals surface area contributed by atoms with Crippen molar-refractivity contribution in [1.82, 2.24) is 0 Å². The topological polar surface area (TPSA) is 77.0 Å². The molecule has 156 valence electrons. The number of hydrogen-bond acceptors (Lipinski definition) is 5. The van der Waals surface area contributed by atoms with E-state index >= 15 is 0 Å². The zero-order chi connectivity index (χ0) is 22.2.